The van der Waals surface area contributed by atoms with E-state index >= 15 is 0 Å². The van der Waals surface area contributed by atoms with E-state index in [4.69, 9.17) is 9.47 Å². The van der Waals surface area contributed by atoms with E-state index in [0.29, 0.717) is 26.0 Å². The molecule has 0 saturated heterocycles. The van der Waals surface area contributed by atoms with Crippen LogP contribution in [0.3, 0.4) is 0 Å². The van der Waals surface area contributed by atoms with Crippen LogP contribution in [0.4, 0.5) is 10.5 Å². The molecule has 7 heteroatoms. The van der Waals surface area contributed by atoms with Gasteiger partial charge in [0.2, 0.25) is 0 Å². The third-order valence-corrected chi connectivity index (χ3v) is 4.23. The van der Waals surface area contributed by atoms with Gasteiger partial charge < -0.3 is 9.47 Å². The fraction of sp³-hybridized carbons (Fsp3) is 0.318. The highest BCUT2D eigenvalue weighted by molar-refractivity contribution is 5.67. The fourth-order valence-corrected chi connectivity index (χ4v) is 2.76. The summed E-state index contributed by atoms with van der Waals surface area (Å²) in [5.74, 6) is 0. The Morgan fingerprint density at radius 2 is 1.86 bits per heavy atom. The van der Waals surface area contributed by atoms with Crippen molar-refractivity contribution in [3.63, 3.8) is 0 Å². The van der Waals surface area contributed by atoms with Gasteiger partial charge in [0.15, 0.2) is 0 Å². The predicted octanol–water partition coefficient (Wildman–Crippen LogP) is 4.71. The number of amides is 1. The SMILES string of the molecule is C=CCC(Cc1ccc([N+](=O)[O-])cc1)OC(=O)N(COCC)Cc1ccccc1. The van der Waals surface area contributed by atoms with Gasteiger partial charge in [0.25, 0.3) is 5.69 Å². The minimum Gasteiger partial charge on any atom is -0.445 e. The summed E-state index contributed by atoms with van der Waals surface area (Å²) in [4.78, 5) is 24.6. The molecule has 0 bridgehead atoms. The van der Waals surface area contributed by atoms with Crippen LogP contribution >= 0.6 is 0 Å². The van der Waals surface area contributed by atoms with Crippen molar-refractivity contribution in [2.45, 2.75) is 32.4 Å². The number of carbonyl (C=O) groups is 1. The first-order chi connectivity index (χ1) is 14.0. The minimum atomic E-state index is -0.476. The van der Waals surface area contributed by atoms with Gasteiger partial charge in [-0.15, -0.1) is 6.58 Å². The van der Waals surface area contributed by atoms with E-state index in [1.165, 1.54) is 17.0 Å². The Morgan fingerprint density at radius 1 is 1.17 bits per heavy atom. The molecule has 2 rings (SSSR count). The monoisotopic (exact) mass is 398 g/mol. The molecule has 0 aromatic heterocycles. The number of nitro benzene ring substituents is 1. The third-order valence-electron chi connectivity index (χ3n) is 4.23. The number of hydrogen-bond acceptors (Lipinski definition) is 5. The number of nitrogens with zero attached hydrogens (tertiary/aromatic N) is 2. The first-order valence-electron chi connectivity index (χ1n) is 9.45. The van der Waals surface area contributed by atoms with E-state index in [-0.39, 0.29) is 12.4 Å². The van der Waals surface area contributed by atoms with Gasteiger partial charge >= 0.3 is 6.09 Å². The van der Waals surface area contributed by atoms with Crippen molar-refractivity contribution >= 4 is 11.8 Å². The molecule has 29 heavy (non-hydrogen) atoms. The van der Waals surface area contributed by atoms with Crippen molar-refractivity contribution in [1.82, 2.24) is 4.90 Å². The van der Waals surface area contributed by atoms with Gasteiger partial charge in [-0.1, -0.05) is 48.5 Å². The van der Waals surface area contributed by atoms with Gasteiger partial charge in [-0.3, -0.25) is 15.0 Å². The van der Waals surface area contributed by atoms with Crippen LogP contribution in [0.25, 0.3) is 0 Å². The first kappa shape index (κ1) is 22.1. The molecule has 1 unspecified atom stereocenters. The summed E-state index contributed by atoms with van der Waals surface area (Å²) in [5, 5.41) is 10.8. The lowest BCUT2D eigenvalue weighted by Crippen LogP contribution is -2.36. The Bertz CT molecular complexity index is 793. The summed E-state index contributed by atoms with van der Waals surface area (Å²) >= 11 is 0. The number of benzene rings is 2. The average molecular weight is 398 g/mol. The van der Waals surface area contributed by atoms with Crippen LogP contribution in [0.15, 0.2) is 67.3 Å². The Labute approximate surface area is 170 Å². The summed E-state index contributed by atoms with van der Waals surface area (Å²) in [7, 11) is 0. The normalized spacial score (nSPS) is 11.5. The molecule has 0 N–H and O–H groups in total. The second-order valence-corrected chi connectivity index (χ2v) is 6.46. The van der Waals surface area contributed by atoms with Crippen molar-refractivity contribution in [2.75, 3.05) is 13.3 Å². The Kier molecular flexibility index (Phi) is 8.85. The highest BCUT2D eigenvalue weighted by atomic mass is 16.6. The molecule has 1 amide bonds. The standard InChI is InChI=1S/C22H26N2O5/c1-3-8-21(15-18-11-13-20(14-12-18)24(26)27)29-22(25)23(17-28-4-2)16-19-9-6-5-7-10-19/h3,5-7,9-14,21H,1,4,8,15-17H2,2H3. The van der Waals surface area contributed by atoms with Crippen molar-refractivity contribution in [2.24, 2.45) is 0 Å². The Balaban J connectivity index is 2.05. The first-order valence-corrected chi connectivity index (χ1v) is 9.45. The third kappa shape index (κ3) is 7.38. The van der Waals surface area contributed by atoms with Gasteiger partial charge in [-0.25, -0.2) is 4.79 Å². The second kappa shape index (κ2) is 11.6. The van der Waals surface area contributed by atoms with Gasteiger partial charge in [-0.05, 0) is 18.1 Å². The lowest BCUT2D eigenvalue weighted by atomic mass is 10.1. The molecule has 0 fully saturated rings. The zero-order valence-corrected chi connectivity index (χ0v) is 16.5. The molecule has 0 radical (unpaired) electrons. The van der Waals surface area contributed by atoms with Crippen molar-refractivity contribution in [3.8, 4) is 0 Å². The maximum Gasteiger partial charge on any atom is 0.412 e. The fourth-order valence-electron chi connectivity index (χ4n) is 2.76. The van der Waals surface area contributed by atoms with E-state index in [1.807, 2.05) is 37.3 Å². The predicted molar refractivity (Wildman–Crippen MR) is 110 cm³/mol. The van der Waals surface area contributed by atoms with Crippen LogP contribution in [-0.4, -0.2) is 35.4 Å². The van der Waals surface area contributed by atoms with Crippen LogP contribution in [-0.2, 0) is 22.4 Å². The van der Waals surface area contributed by atoms with Gasteiger partial charge in [0.1, 0.15) is 12.8 Å². The van der Waals surface area contributed by atoms with Crippen molar-refractivity contribution in [3.05, 3.63) is 88.5 Å². The molecule has 0 aliphatic carbocycles. The molecule has 0 aliphatic rings. The summed E-state index contributed by atoms with van der Waals surface area (Å²) in [6.07, 6.45) is 1.69. The molecule has 2 aromatic carbocycles. The van der Waals surface area contributed by atoms with Gasteiger partial charge in [-0.2, -0.15) is 0 Å². The van der Waals surface area contributed by atoms with Crippen LogP contribution in [0.5, 0.6) is 0 Å². The number of ether oxygens (including phenoxy) is 2. The second-order valence-electron chi connectivity index (χ2n) is 6.46. The van der Waals surface area contributed by atoms with E-state index in [0.717, 1.165) is 11.1 Å². The summed E-state index contributed by atoms with van der Waals surface area (Å²) in [5.41, 5.74) is 1.84. The number of carbonyl (C=O) groups excluding carboxylic acids is 1. The molecule has 0 saturated carbocycles. The quantitative estimate of drug-likeness (QED) is 0.237. The van der Waals surface area contributed by atoms with Gasteiger partial charge in [0, 0.05) is 31.6 Å². The summed E-state index contributed by atoms with van der Waals surface area (Å²) in [6, 6.07) is 15.8. The number of non-ortho nitro benzene ring substituents is 1. The van der Waals surface area contributed by atoms with Crippen LogP contribution in [0, 0.1) is 10.1 Å². The summed E-state index contributed by atoms with van der Waals surface area (Å²) < 4.78 is 11.1. The van der Waals surface area contributed by atoms with Crippen LogP contribution in [0.2, 0.25) is 0 Å². The molecule has 0 heterocycles. The molecular weight excluding hydrogens is 372 g/mol. The maximum absolute atomic E-state index is 12.8. The smallest absolute Gasteiger partial charge is 0.412 e. The molecule has 0 aliphatic heterocycles. The minimum absolute atomic E-state index is 0.0248. The molecule has 154 valence electrons. The molecule has 1 atom stereocenters. The Morgan fingerprint density at radius 3 is 2.45 bits per heavy atom. The maximum atomic E-state index is 12.8. The number of nitro groups is 1. The van der Waals surface area contributed by atoms with Crippen molar-refractivity contribution < 1.29 is 19.2 Å². The van der Waals surface area contributed by atoms with E-state index in [9.17, 15) is 14.9 Å². The lowest BCUT2D eigenvalue weighted by Gasteiger charge is -2.25. The largest absolute Gasteiger partial charge is 0.445 e. The number of rotatable bonds is 11. The van der Waals surface area contributed by atoms with Crippen molar-refractivity contribution in [1.29, 1.82) is 0 Å². The average Bonchev–Trinajstić information content (AvgIpc) is 2.72. The van der Waals surface area contributed by atoms with E-state index in [2.05, 4.69) is 6.58 Å². The topological polar surface area (TPSA) is 81.9 Å². The van der Waals surface area contributed by atoms with E-state index in [1.54, 1.807) is 18.2 Å². The highest BCUT2D eigenvalue weighted by Crippen LogP contribution is 2.17. The zero-order valence-electron chi connectivity index (χ0n) is 16.5. The molecular formula is C22H26N2O5. The Hall–Kier alpha value is -3.19. The lowest BCUT2D eigenvalue weighted by molar-refractivity contribution is -0.384. The van der Waals surface area contributed by atoms with Gasteiger partial charge in [0.05, 0.1) is 11.5 Å². The highest BCUT2D eigenvalue weighted by Gasteiger charge is 2.21. The molecule has 7 nitrogen and oxygen atoms in total. The molecule has 0 spiro atoms. The van der Waals surface area contributed by atoms with Crippen LogP contribution in [0.1, 0.15) is 24.5 Å². The van der Waals surface area contributed by atoms with Crippen LogP contribution < -0.4 is 0 Å². The molecule has 2 aromatic rings. The van der Waals surface area contributed by atoms with E-state index < -0.39 is 17.1 Å². The summed E-state index contributed by atoms with van der Waals surface area (Å²) in [6.45, 7) is 6.58. The number of hydrogen-bond donors (Lipinski definition) is 0. The zero-order chi connectivity index (χ0) is 21.1.